The summed E-state index contributed by atoms with van der Waals surface area (Å²) in [6.07, 6.45) is 3.75. The van der Waals surface area contributed by atoms with Gasteiger partial charge in [-0.1, -0.05) is 31.6 Å². The number of rotatable bonds is 3. The van der Waals surface area contributed by atoms with E-state index >= 15 is 0 Å². The Hall–Kier alpha value is -1.07. The molecule has 0 radical (unpaired) electrons. The first kappa shape index (κ1) is 13.4. The van der Waals surface area contributed by atoms with Crippen molar-refractivity contribution < 1.29 is 0 Å². The Labute approximate surface area is 120 Å². The highest BCUT2D eigenvalue weighted by atomic mass is 79.9. The van der Waals surface area contributed by atoms with Gasteiger partial charge in [0, 0.05) is 11.9 Å². The monoisotopic (exact) mass is 323 g/mol. The fourth-order valence-electron chi connectivity index (χ4n) is 1.77. The van der Waals surface area contributed by atoms with Crippen molar-refractivity contribution in [3.05, 3.63) is 38.7 Å². The second kappa shape index (κ2) is 5.71. The summed E-state index contributed by atoms with van der Waals surface area (Å²) in [4.78, 5) is 12.1. The van der Waals surface area contributed by atoms with Gasteiger partial charge in [0.05, 0.1) is 4.47 Å². The van der Waals surface area contributed by atoms with E-state index in [2.05, 4.69) is 37.8 Å². The average Bonchev–Trinajstić information content (AvgIpc) is 2.35. The SMILES string of the molecule is CCCc1[nH]c(-c2ncccc2C)nc(=S)c1Br. The number of nitrogens with zero attached hydrogens (tertiary/aromatic N) is 2. The van der Waals surface area contributed by atoms with Crippen LogP contribution in [0.4, 0.5) is 0 Å². The van der Waals surface area contributed by atoms with E-state index in [0.29, 0.717) is 4.64 Å². The van der Waals surface area contributed by atoms with Gasteiger partial charge in [-0.3, -0.25) is 4.98 Å². The van der Waals surface area contributed by atoms with Crippen LogP contribution in [0.1, 0.15) is 24.6 Å². The lowest BCUT2D eigenvalue weighted by atomic mass is 10.2. The molecule has 0 saturated carbocycles. The van der Waals surface area contributed by atoms with Gasteiger partial charge in [-0.25, -0.2) is 4.98 Å². The van der Waals surface area contributed by atoms with Crippen molar-refractivity contribution >= 4 is 28.1 Å². The van der Waals surface area contributed by atoms with E-state index in [-0.39, 0.29) is 0 Å². The molecule has 0 unspecified atom stereocenters. The van der Waals surface area contributed by atoms with Gasteiger partial charge in [0.2, 0.25) is 0 Å². The van der Waals surface area contributed by atoms with E-state index in [1.54, 1.807) is 6.20 Å². The molecule has 0 aliphatic heterocycles. The van der Waals surface area contributed by atoms with Gasteiger partial charge in [-0.2, -0.15) is 0 Å². The number of halogens is 1. The van der Waals surface area contributed by atoms with Crippen LogP contribution in [0, 0.1) is 11.6 Å². The highest BCUT2D eigenvalue weighted by Gasteiger charge is 2.09. The van der Waals surface area contributed by atoms with Crippen LogP contribution in [0.5, 0.6) is 0 Å². The molecule has 2 aromatic heterocycles. The maximum atomic E-state index is 5.28. The van der Waals surface area contributed by atoms with Crippen LogP contribution >= 0.6 is 28.1 Å². The largest absolute Gasteiger partial charge is 0.341 e. The van der Waals surface area contributed by atoms with E-state index in [0.717, 1.165) is 40.1 Å². The molecule has 2 rings (SSSR count). The smallest absolute Gasteiger partial charge is 0.158 e. The quantitative estimate of drug-likeness (QED) is 0.859. The molecular formula is C13H14BrN3S. The topological polar surface area (TPSA) is 41.6 Å². The normalized spacial score (nSPS) is 10.6. The van der Waals surface area contributed by atoms with Crippen LogP contribution in [-0.4, -0.2) is 15.0 Å². The van der Waals surface area contributed by atoms with Crippen LogP contribution in [0.3, 0.4) is 0 Å². The standard InChI is InChI=1S/C13H14BrN3S/c1-3-5-9-10(14)13(18)17-12(16-9)11-8(2)6-4-7-15-11/h4,6-7H,3,5H2,1-2H3,(H,16,17,18). The van der Waals surface area contributed by atoms with Gasteiger partial charge in [0.1, 0.15) is 10.3 Å². The fourth-order valence-corrected chi connectivity index (χ4v) is 2.37. The summed E-state index contributed by atoms with van der Waals surface area (Å²) >= 11 is 8.77. The first-order valence-electron chi connectivity index (χ1n) is 5.84. The maximum Gasteiger partial charge on any atom is 0.158 e. The van der Waals surface area contributed by atoms with Crippen LogP contribution in [0.15, 0.2) is 22.8 Å². The number of aromatic amines is 1. The van der Waals surface area contributed by atoms with Gasteiger partial charge in [-0.05, 0) is 40.9 Å². The molecule has 0 amide bonds. The molecule has 0 aromatic carbocycles. The van der Waals surface area contributed by atoms with E-state index in [1.807, 2.05) is 19.1 Å². The molecule has 18 heavy (non-hydrogen) atoms. The number of H-pyrrole nitrogens is 1. The van der Waals surface area contributed by atoms with E-state index in [9.17, 15) is 0 Å². The molecule has 0 atom stereocenters. The zero-order chi connectivity index (χ0) is 13.1. The number of pyridine rings is 1. The lowest BCUT2D eigenvalue weighted by Crippen LogP contribution is -2.00. The number of hydrogen-bond acceptors (Lipinski definition) is 3. The van der Waals surface area contributed by atoms with Crippen molar-refractivity contribution in [2.75, 3.05) is 0 Å². The number of aryl methyl sites for hydroxylation is 2. The van der Waals surface area contributed by atoms with Crippen LogP contribution < -0.4 is 0 Å². The first-order valence-corrected chi connectivity index (χ1v) is 7.04. The van der Waals surface area contributed by atoms with Crippen molar-refractivity contribution in [1.29, 1.82) is 0 Å². The minimum absolute atomic E-state index is 0.581. The number of hydrogen-bond donors (Lipinski definition) is 1. The molecule has 0 aliphatic rings. The number of aromatic nitrogens is 3. The minimum atomic E-state index is 0.581. The summed E-state index contributed by atoms with van der Waals surface area (Å²) in [5.41, 5.74) is 3.02. The Morgan fingerprint density at radius 2 is 2.22 bits per heavy atom. The third-order valence-corrected chi connectivity index (χ3v) is 4.08. The lowest BCUT2D eigenvalue weighted by molar-refractivity contribution is 0.863. The summed E-state index contributed by atoms with van der Waals surface area (Å²) in [6.45, 7) is 4.15. The third kappa shape index (κ3) is 2.67. The predicted octanol–water partition coefficient (Wildman–Crippen LogP) is 4.22. The van der Waals surface area contributed by atoms with Crippen LogP contribution in [0.25, 0.3) is 11.5 Å². The highest BCUT2D eigenvalue weighted by Crippen LogP contribution is 2.22. The minimum Gasteiger partial charge on any atom is -0.341 e. The molecule has 2 heterocycles. The molecule has 0 saturated heterocycles. The lowest BCUT2D eigenvalue weighted by Gasteiger charge is -2.08. The van der Waals surface area contributed by atoms with Gasteiger partial charge in [0.25, 0.3) is 0 Å². The molecule has 2 aromatic rings. The summed E-state index contributed by atoms with van der Waals surface area (Å²) < 4.78 is 1.47. The maximum absolute atomic E-state index is 5.28. The molecule has 0 bridgehead atoms. The van der Waals surface area contributed by atoms with Gasteiger partial charge < -0.3 is 4.98 Å². The highest BCUT2D eigenvalue weighted by molar-refractivity contribution is 9.10. The molecule has 3 nitrogen and oxygen atoms in total. The Bertz CT molecular complexity index is 622. The third-order valence-electron chi connectivity index (χ3n) is 2.67. The summed E-state index contributed by atoms with van der Waals surface area (Å²) in [6, 6.07) is 3.93. The zero-order valence-electron chi connectivity index (χ0n) is 10.3. The first-order chi connectivity index (χ1) is 8.63. The Morgan fingerprint density at radius 1 is 1.44 bits per heavy atom. The van der Waals surface area contributed by atoms with Crippen molar-refractivity contribution in [3.8, 4) is 11.5 Å². The van der Waals surface area contributed by atoms with E-state index in [4.69, 9.17) is 12.2 Å². The molecule has 0 spiro atoms. The second-order valence-electron chi connectivity index (χ2n) is 4.10. The van der Waals surface area contributed by atoms with Gasteiger partial charge >= 0.3 is 0 Å². The Balaban J connectivity index is 2.59. The molecule has 0 fully saturated rings. The molecule has 94 valence electrons. The van der Waals surface area contributed by atoms with Crippen LogP contribution in [-0.2, 0) is 6.42 Å². The Kier molecular flexibility index (Phi) is 4.24. The summed E-state index contributed by atoms with van der Waals surface area (Å²) in [5, 5.41) is 0. The molecule has 5 heteroatoms. The van der Waals surface area contributed by atoms with Crippen molar-refractivity contribution in [3.63, 3.8) is 0 Å². The van der Waals surface area contributed by atoms with Gasteiger partial charge in [0.15, 0.2) is 5.82 Å². The molecule has 0 aliphatic carbocycles. The number of nitrogens with one attached hydrogen (secondary N) is 1. The van der Waals surface area contributed by atoms with Crippen molar-refractivity contribution in [2.45, 2.75) is 26.7 Å². The van der Waals surface area contributed by atoms with E-state index < -0.39 is 0 Å². The van der Waals surface area contributed by atoms with Crippen molar-refractivity contribution in [2.24, 2.45) is 0 Å². The molecular weight excluding hydrogens is 310 g/mol. The van der Waals surface area contributed by atoms with Gasteiger partial charge in [-0.15, -0.1) is 0 Å². The zero-order valence-corrected chi connectivity index (χ0v) is 12.7. The van der Waals surface area contributed by atoms with Crippen molar-refractivity contribution in [1.82, 2.24) is 15.0 Å². The Morgan fingerprint density at radius 3 is 2.89 bits per heavy atom. The predicted molar refractivity (Wildman–Crippen MR) is 79.1 cm³/mol. The van der Waals surface area contributed by atoms with E-state index in [1.165, 1.54) is 0 Å². The second-order valence-corrected chi connectivity index (χ2v) is 5.28. The average molecular weight is 324 g/mol. The summed E-state index contributed by atoms with van der Waals surface area (Å²) in [7, 11) is 0. The van der Waals surface area contributed by atoms with Crippen LogP contribution in [0.2, 0.25) is 0 Å². The fraction of sp³-hybridized carbons (Fsp3) is 0.308. The molecule has 1 N–H and O–H groups in total. The summed E-state index contributed by atoms with van der Waals surface area (Å²) in [5.74, 6) is 0.741.